The van der Waals surface area contributed by atoms with Gasteiger partial charge in [-0.3, -0.25) is 0 Å². The van der Waals surface area contributed by atoms with Crippen molar-refractivity contribution in [3.8, 4) is 0 Å². The number of aromatic nitrogens is 3. The summed E-state index contributed by atoms with van der Waals surface area (Å²) < 4.78 is 7.68. The maximum atomic E-state index is 5.79. The first-order chi connectivity index (χ1) is 7.70. The Bertz CT molecular complexity index is 350. The highest BCUT2D eigenvalue weighted by molar-refractivity contribution is 5.32. The fourth-order valence-corrected chi connectivity index (χ4v) is 2.20. The van der Waals surface area contributed by atoms with E-state index in [1.54, 1.807) is 0 Å². The SMILES string of the molecule is CCCc1c(N)nnn1CC1CCC(C)O1. The Morgan fingerprint density at radius 3 is 2.94 bits per heavy atom. The van der Waals surface area contributed by atoms with E-state index in [0.717, 1.165) is 37.9 Å². The van der Waals surface area contributed by atoms with Crippen LogP contribution in [0.5, 0.6) is 0 Å². The number of hydrogen-bond donors (Lipinski definition) is 1. The van der Waals surface area contributed by atoms with Gasteiger partial charge in [-0.1, -0.05) is 18.6 Å². The molecule has 2 heterocycles. The maximum Gasteiger partial charge on any atom is 0.169 e. The minimum absolute atomic E-state index is 0.270. The van der Waals surface area contributed by atoms with Gasteiger partial charge in [-0.25, -0.2) is 4.68 Å². The highest BCUT2D eigenvalue weighted by Crippen LogP contribution is 2.21. The van der Waals surface area contributed by atoms with E-state index in [0.29, 0.717) is 11.9 Å². The molecule has 0 amide bonds. The molecule has 1 aliphatic heterocycles. The molecule has 0 bridgehead atoms. The van der Waals surface area contributed by atoms with Crippen LogP contribution < -0.4 is 5.73 Å². The molecule has 5 nitrogen and oxygen atoms in total. The monoisotopic (exact) mass is 224 g/mol. The van der Waals surface area contributed by atoms with Gasteiger partial charge in [0.25, 0.3) is 0 Å². The third-order valence-electron chi connectivity index (χ3n) is 3.05. The number of nitrogens with two attached hydrogens (primary N) is 1. The van der Waals surface area contributed by atoms with Gasteiger partial charge in [0.1, 0.15) is 0 Å². The van der Waals surface area contributed by atoms with Crippen molar-refractivity contribution < 1.29 is 4.74 Å². The van der Waals surface area contributed by atoms with E-state index in [2.05, 4.69) is 24.2 Å². The number of nitrogens with zero attached hydrogens (tertiary/aromatic N) is 3. The molecule has 16 heavy (non-hydrogen) atoms. The smallest absolute Gasteiger partial charge is 0.169 e. The minimum atomic E-state index is 0.270. The van der Waals surface area contributed by atoms with Crippen LogP contribution in [0.1, 0.15) is 38.8 Å². The van der Waals surface area contributed by atoms with Crippen molar-refractivity contribution >= 4 is 5.82 Å². The molecule has 5 heteroatoms. The third kappa shape index (κ3) is 2.35. The van der Waals surface area contributed by atoms with Gasteiger partial charge in [-0.15, -0.1) is 5.10 Å². The van der Waals surface area contributed by atoms with Crippen LogP contribution in [0.2, 0.25) is 0 Å². The molecule has 2 unspecified atom stereocenters. The second-order valence-electron chi connectivity index (χ2n) is 4.50. The van der Waals surface area contributed by atoms with E-state index in [1.165, 1.54) is 0 Å². The summed E-state index contributed by atoms with van der Waals surface area (Å²) in [5.74, 6) is 0.563. The molecule has 90 valence electrons. The zero-order valence-corrected chi connectivity index (χ0v) is 10.0. The molecule has 0 aromatic carbocycles. The Morgan fingerprint density at radius 1 is 1.50 bits per heavy atom. The van der Waals surface area contributed by atoms with Crippen molar-refractivity contribution in [2.45, 2.75) is 58.3 Å². The lowest BCUT2D eigenvalue weighted by Gasteiger charge is -2.12. The second-order valence-corrected chi connectivity index (χ2v) is 4.50. The van der Waals surface area contributed by atoms with Crippen molar-refractivity contribution in [1.29, 1.82) is 0 Å². The van der Waals surface area contributed by atoms with Gasteiger partial charge >= 0.3 is 0 Å². The predicted octanol–water partition coefficient (Wildman–Crippen LogP) is 1.38. The van der Waals surface area contributed by atoms with Gasteiger partial charge in [-0.2, -0.15) is 0 Å². The molecule has 1 aliphatic rings. The van der Waals surface area contributed by atoms with Crippen LogP contribution in [-0.4, -0.2) is 27.2 Å². The lowest BCUT2D eigenvalue weighted by Crippen LogP contribution is -2.19. The lowest BCUT2D eigenvalue weighted by atomic mass is 10.2. The molecule has 2 N–H and O–H groups in total. The number of anilines is 1. The molecule has 0 radical (unpaired) electrons. The van der Waals surface area contributed by atoms with Crippen LogP contribution in [0.15, 0.2) is 0 Å². The first-order valence-corrected chi connectivity index (χ1v) is 6.04. The standard InChI is InChI=1S/C11H20N4O/c1-3-4-10-11(12)13-14-15(10)7-9-6-5-8(2)16-9/h8-9H,3-7,12H2,1-2H3. The number of rotatable bonds is 4. The van der Waals surface area contributed by atoms with Crippen LogP contribution in [0.3, 0.4) is 0 Å². The molecule has 1 fully saturated rings. The molecule has 1 aromatic heterocycles. The zero-order valence-electron chi connectivity index (χ0n) is 10.0. The van der Waals surface area contributed by atoms with Gasteiger partial charge in [-0.05, 0) is 26.2 Å². The summed E-state index contributed by atoms with van der Waals surface area (Å²) >= 11 is 0. The first kappa shape index (κ1) is 11.4. The zero-order chi connectivity index (χ0) is 11.5. The highest BCUT2D eigenvalue weighted by atomic mass is 16.5. The van der Waals surface area contributed by atoms with Crippen LogP contribution in [0.25, 0.3) is 0 Å². The van der Waals surface area contributed by atoms with E-state index in [9.17, 15) is 0 Å². The summed E-state index contributed by atoms with van der Waals surface area (Å²) in [4.78, 5) is 0. The van der Waals surface area contributed by atoms with Gasteiger partial charge in [0, 0.05) is 0 Å². The summed E-state index contributed by atoms with van der Waals surface area (Å²) in [5.41, 5.74) is 6.84. The van der Waals surface area contributed by atoms with E-state index >= 15 is 0 Å². The molecule has 0 spiro atoms. The van der Waals surface area contributed by atoms with E-state index in [4.69, 9.17) is 10.5 Å². The Balaban J connectivity index is 2.03. The molecular weight excluding hydrogens is 204 g/mol. The van der Waals surface area contributed by atoms with Gasteiger partial charge < -0.3 is 10.5 Å². The molecule has 2 atom stereocenters. The van der Waals surface area contributed by atoms with Crippen molar-refractivity contribution in [3.63, 3.8) is 0 Å². The summed E-state index contributed by atoms with van der Waals surface area (Å²) in [7, 11) is 0. The van der Waals surface area contributed by atoms with E-state index < -0.39 is 0 Å². The Morgan fingerprint density at radius 2 is 2.31 bits per heavy atom. The van der Waals surface area contributed by atoms with Crippen LogP contribution in [0.4, 0.5) is 5.82 Å². The molecule has 1 aromatic rings. The molecule has 1 saturated heterocycles. The first-order valence-electron chi connectivity index (χ1n) is 6.04. The van der Waals surface area contributed by atoms with Crippen LogP contribution in [0, 0.1) is 0 Å². The summed E-state index contributed by atoms with van der Waals surface area (Å²) in [6, 6.07) is 0. The fourth-order valence-electron chi connectivity index (χ4n) is 2.20. The Hall–Kier alpha value is -1.10. The molecule has 0 saturated carbocycles. The van der Waals surface area contributed by atoms with E-state index in [1.807, 2.05) is 4.68 Å². The number of nitrogen functional groups attached to an aromatic ring is 1. The largest absolute Gasteiger partial charge is 0.381 e. The number of ether oxygens (including phenoxy) is 1. The van der Waals surface area contributed by atoms with Crippen molar-refractivity contribution in [2.75, 3.05) is 5.73 Å². The fraction of sp³-hybridized carbons (Fsp3) is 0.818. The third-order valence-corrected chi connectivity index (χ3v) is 3.05. The minimum Gasteiger partial charge on any atom is -0.381 e. The van der Waals surface area contributed by atoms with Gasteiger partial charge in [0.15, 0.2) is 5.82 Å². The number of hydrogen-bond acceptors (Lipinski definition) is 4. The topological polar surface area (TPSA) is 66.0 Å². The normalized spacial score (nSPS) is 25.1. The average molecular weight is 224 g/mol. The van der Waals surface area contributed by atoms with Crippen LogP contribution >= 0.6 is 0 Å². The lowest BCUT2D eigenvalue weighted by molar-refractivity contribution is 0.0428. The highest BCUT2D eigenvalue weighted by Gasteiger charge is 2.23. The Kier molecular flexibility index (Phi) is 3.43. The second kappa shape index (κ2) is 4.82. The maximum absolute atomic E-state index is 5.79. The predicted molar refractivity (Wildman–Crippen MR) is 62.0 cm³/mol. The quantitative estimate of drug-likeness (QED) is 0.839. The van der Waals surface area contributed by atoms with Crippen LogP contribution in [-0.2, 0) is 17.7 Å². The van der Waals surface area contributed by atoms with Gasteiger partial charge in [0.05, 0.1) is 24.4 Å². The van der Waals surface area contributed by atoms with E-state index in [-0.39, 0.29) is 6.10 Å². The summed E-state index contributed by atoms with van der Waals surface area (Å²) in [6.45, 7) is 5.03. The molecular formula is C11H20N4O. The molecule has 2 rings (SSSR count). The van der Waals surface area contributed by atoms with Gasteiger partial charge in [0.2, 0.25) is 0 Å². The van der Waals surface area contributed by atoms with Crippen molar-refractivity contribution in [2.24, 2.45) is 0 Å². The Labute approximate surface area is 96.0 Å². The van der Waals surface area contributed by atoms with Crippen molar-refractivity contribution in [3.05, 3.63) is 5.69 Å². The average Bonchev–Trinajstić information content (AvgIpc) is 2.79. The molecule has 0 aliphatic carbocycles. The summed E-state index contributed by atoms with van der Waals surface area (Å²) in [5, 5.41) is 8.02. The summed E-state index contributed by atoms with van der Waals surface area (Å²) in [6.07, 6.45) is 4.87. The van der Waals surface area contributed by atoms with Crippen molar-refractivity contribution in [1.82, 2.24) is 15.0 Å².